The number of hydrogen-bond donors (Lipinski definition) is 0. The quantitative estimate of drug-likeness (QED) is 0.582. The van der Waals surface area contributed by atoms with Gasteiger partial charge in [0.25, 0.3) is 0 Å². The largest absolute Gasteiger partial charge is 0.454 e. The molecule has 84 valence electrons. The van der Waals surface area contributed by atoms with E-state index in [-0.39, 0.29) is 10.6 Å². The molecule has 2 rings (SSSR count). The topological polar surface area (TPSA) is 56.3 Å². The molecule has 0 aliphatic carbocycles. The Kier molecular flexibility index (Phi) is 2.90. The summed E-state index contributed by atoms with van der Waals surface area (Å²) in [5.74, 6) is 0.494. The van der Waals surface area contributed by atoms with Crippen molar-refractivity contribution in [1.82, 2.24) is 0 Å². The standard InChI is InChI=1S/C12H13NO3/c1-2-3-7-11-12(13(14)15)9-6-4-5-8-10(9)16-11/h4-6,8H,2-3,7H2,1H3. The van der Waals surface area contributed by atoms with Crippen molar-refractivity contribution in [3.8, 4) is 0 Å². The maximum Gasteiger partial charge on any atom is 0.318 e. The Bertz CT molecular complexity index is 516. The molecule has 0 fully saturated rings. The molecular weight excluding hydrogens is 206 g/mol. The first-order valence-corrected chi connectivity index (χ1v) is 5.39. The van der Waals surface area contributed by atoms with Gasteiger partial charge in [0.05, 0.1) is 10.3 Å². The molecule has 1 aromatic carbocycles. The van der Waals surface area contributed by atoms with Gasteiger partial charge in [-0.05, 0) is 18.6 Å². The number of benzene rings is 1. The predicted octanol–water partition coefficient (Wildman–Crippen LogP) is 3.68. The first-order valence-electron chi connectivity index (χ1n) is 5.39. The van der Waals surface area contributed by atoms with Crippen LogP contribution in [0.15, 0.2) is 28.7 Å². The normalized spacial score (nSPS) is 10.8. The van der Waals surface area contributed by atoms with Gasteiger partial charge in [-0.25, -0.2) is 0 Å². The molecule has 4 nitrogen and oxygen atoms in total. The Balaban J connectivity index is 2.54. The lowest BCUT2D eigenvalue weighted by atomic mass is 10.1. The highest BCUT2D eigenvalue weighted by atomic mass is 16.6. The number of aryl methyl sites for hydroxylation is 1. The zero-order chi connectivity index (χ0) is 11.5. The highest BCUT2D eigenvalue weighted by Gasteiger charge is 2.23. The summed E-state index contributed by atoms with van der Waals surface area (Å²) in [6.45, 7) is 2.05. The Labute approximate surface area is 93.0 Å². The highest BCUT2D eigenvalue weighted by molar-refractivity contribution is 5.88. The van der Waals surface area contributed by atoms with Crippen LogP contribution < -0.4 is 0 Å². The average molecular weight is 219 g/mol. The minimum Gasteiger partial charge on any atom is -0.454 e. The molecule has 1 heterocycles. The highest BCUT2D eigenvalue weighted by Crippen LogP contribution is 2.33. The van der Waals surface area contributed by atoms with E-state index in [0.717, 1.165) is 12.8 Å². The van der Waals surface area contributed by atoms with Gasteiger partial charge in [-0.3, -0.25) is 10.1 Å². The lowest BCUT2D eigenvalue weighted by molar-refractivity contribution is -0.384. The van der Waals surface area contributed by atoms with Gasteiger partial charge in [-0.15, -0.1) is 0 Å². The van der Waals surface area contributed by atoms with Gasteiger partial charge in [0, 0.05) is 6.42 Å². The summed E-state index contributed by atoms with van der Waals surface area (Å²) >= 11 is 0. The second-order valence-electron chi connectivity index (χ2n) is 3.73. The van der Waals surface area contributed by atoms with E-state index >= 15 is 0 Å². The van der Waals surface area contributed by atoms with Gasteiger partial charge in [-0.2, -0.15) is 0 Å². The molecule has 0 radical (unpaired) electrons. The van der Waals surface area contributed by atoms with Crippen LogP contribution in [0.5, 0.6) is 0 Å². The molecule has 0 spiro atoms. The van der Waals surface area contributed by atoms with E-state index in [9.17, 15) is 10.1 Å². The van der Waals surface area contributed by atoms with Gasteiger partial charge in [0.15, 0.2) is 5.76 Å². The van der Waals surface area contributed by atoms with Crippen molar-refractivity contribution in [3.05, 3.63) is 40.1 Å². The Hall–Kier alpha value is -1.84. The maximum absolute atomic E-state index is 11.0. The van der Waals surface area contributed by atoms with Crippen molar-refractivity contribution in [2.75, 3.05) is 0 Å². The third kappa shape index (κ3) is 1.78. The van der Waals surface area contributed by atoms with Crippen LogP contribution in [-0.2, 0) is 6.42 Å². The molecule has 0 amide bonds. The fraction of sp³-hybridized carbons (Fsp3) is 0.333. The van der Waals surface area contributed by atoms with E-state index < -0.39 is 0 Å². The van der Waals surface area contributed by atoms with Crippen molar-refractivity contribution < 1.29 is 9.34 Å². The summed E-state index contributed by atoms with van der Waals surface area (Å²) in [6.07, 6.45) is 2.52. The molecule has 0 N–H and O–H groups in total. The molecule has 0 saturated heterocycles. The van der Waals surface area contributed by atoms with E-state index in [4.69, 9.17) is 4.42 Å². The second-order valence-corrected chi connectivity index (χ2v) is 3.73. The van der Waals surface area contributed by atoms with Crippen LogP contribution in [0.4, 0.5) is 5.69 Å². The van der Waals surface area contributed by atoms with E-state index in [1.165, 1.54) is 0 Å². The minimum atomic E-state index is -0.350. The van der Waals surface area contributed by atoms with Crippen molar-refractivity contribution in [2.24, 2.45) is 0 Å². The molecular formula is C12H13NO3. The number of hydrogen-bond acceptors (Lipinski definition) is 3. The molecule has 4 heteroatoms. The number of nitro groups is 1. The van der Waals surface area contributed by atoms with Crippen LogP contribution in [0, 0.1) is 10.1 Å². The predicted molar refractivity (Wildman–Crippen MR) is 61.5 cm³/mol. The van der Waals surface area contributed by atoms with E-state index in [2.05, 4.69) is 6.92 Å². The van der Waals surface area contributed by atoms with Crippen LogP contribution in [0.1, 0.15) is 25.5 Å². The van der Waals surface area contributed by atoms with Crippen molar-refractivity contribution in [3.63, 3.8) is 0 Å². The molecule has 0 unspecified atom stereocenters. The minimum absolute atomic E-state index is 0.129. The Morgan fingerprint density at radius 2 is 2.12 bits per heavy atom. The van der Waals surface area contributed by atoms with Gasteiger partial charge in [0.1, 0.15) is 5.58 Å². The lowest BCUT2D eigenvalue weighted by Gasteiger charge is -1.93. The van der Waals surface area contributed by atoms with E-state index in [1.807, 2.05) is 6.07 Å². The number of unbranched alkanes of at least 4 members (excludes halogenated alkanes) is 1. The summed E-state index contributed by atoms with van der Waals surface area (Å²) in [5, 5.41) is 11.6. The Morgan fingerprint density at radius 3 is 2.81 bits per heavy atom. The molecule has 16 heavy (non-hydrogen) atoms. The van der Waals surface area contributed by atoms with Crippen molar-refractivity contribution in [2.45, 2.75) is 26.2 Å². The molecule has 0 bridgehead atoms. The van der Waals surface area contributed by atoms with Crippen LogP contribution in [-0.4, -0.2) is 4.92 Å². The molecule has 0 aliphatic rings. The van der Waals surface area contributed by atoms with Crippen LogP contribution in [0.2, 0.25) is 0 Å². The zero-order valence-corrected chi connectivity index (χ0v) is 9.10. The van der Waals surface area contributed by atoms with Crippen molar-refractivity contribution >= 4 is 16.7 Å². The van der Waals surface area contributed by atoms with Gasteiger partial charge in [0.2, 0.25) is 0 Å². The number of nitrogens with zero attached hydrogens (tertiary/aromatic N) is 1. The first kappa shape index (κ1) is 10.7. The molecule has 0 aliphatic heterocycles. The maximum atomic E-state index is 11.0. The summed E-state index contributed by atoms with van der Waals surface area (Å²) < 4.78 is 5.52. The summed E-state index contributed by atoms with van der Waals surface area (Å²) in [6, 6.07) is 7.10. The van der Waals surface area contributed by atoms with Gasteiger partial charge >= 0.3 is 5.69 Å². The smallest absolute Gasteiger partial charge is 0.318 e. The molecule has 0 saturated carbocycles. The summed E-state index contributed by atoms with van der Waals surface area (Å²) in [7, 11) is 0. The first-order chi connectivity index (χ1) is 7.74. The molecule has 0 atom stereocenters. The van der Waals surface area contributed by atoms with Crippen LogP contribution in [0.25, 0.3) is 11.0 Å². The fourth-order valence-corrected chi connectivity index (χ4v) is 1.79. The van der Waals surface area contributed by atoms with E-state index in [0.29, 0.717) is 23.2 Å². The molecule has 2 aromatic rings. The third-order valence-electron chi connectivity index (χ3n) is 2.58. The number of rotatable bonds is 4. The van der Waals surface area contributed by atoms with Crippen LogP contribution >= 0.6 is 0 Å². The SMILES string of the molecule is CCCCc1oc2ccccc2c1[N+](=O)[O-]. The lowest BCUT2D eigenvalue weighted by Crippen LogP contribution is -1.92. The van der Waals surface area contributed by atoms with Crippen LogP contribution in [0.3, 0.4) is 0 Å². The fourth-order valence-electron chi connectivity index (χ4n) is 1.79. The third-order valence-corrected chi connectivity index (χ3v) is 2.58. The summed E-state index contributed by atoms with van der Waals surface area (Å²) in [5.41, 5.74) is 0.726. The summed E-state index contributed by atoms with van der Waals surface area (Å²) in [4.78, 5) is 10.7. The number of para-hydroxylation sites is 1. The van der Waals surface area contributed by atoms with Gasteiger partial charge in [-0.1, -0.05) is 25.5 Å². The Morgan fingerprint density at radius 1 is 1.38 bits per heavy atom. The number of fused-ring (bicyclic) bond motifs is 1. The number of furan rings is 1. The zero-order valence-electron chi connectivity index (χ0n) is 9.10. The van der Waals surface area contributed by atoms with Gasteiger partial charge < -0.3 is 4.42 Å². The van der Waals surface area contributed by atoms with Crippen molar-refractivity contribution in [1.29, 1.82) is 0 Å². The second kappa shape index (κ2) is 4.35. The average Bonchev–Trinajstić information content (AvgIpc) is 2.64. The van der Waals surface area contributed by atoms with E-state index in [1.54, 1.807) is 18.2 Å². The molecule has 1 aromatic heterocycles. The monoisotopic (exact) mass is 219 g/mol.